The maximum atomic E-state index is 10.4. The van der Waals surface area contributed by atoms with Crippen LogP contribution in [-0.4, -0.2) is 59.1 Å². The van der Waals surface area contributed by atoms with Gasteiger partial charge in [-0.3, -0.25) is 0 Å². The molecule has 2 rings (SSSR count). The zero-order chi connectivity index (χ0) is 20.7. The van der Waals surface area contributed by atoms with Gasteiger partial charge in [-0.05, 0) is 48.2 Å². The summed E-state index contributed by atoms with van der Waals surface area (Å²) in [5, 5.41) is 40.9. The second-order valence-corrected chi connectivity index (χ2v) is 6.96. The fourth-order valence-corrected chi connectivity index (χ4v) is 3.07. The van der Waals surface area contributed by atoms with E-state index < -0.39 is 24.4 Å². The van der Waals surface area contributed by atoms with Crippen LogP contribution in [0.3, 0.4) is 0 Å². The third-order valence-electron chi connectivity index (χ3n) is 4.45. The molecule has 0 saturated carbocycles. The molecule has 0 aliphatic carbocycles. The molecule has 0 saturated heterocycles. The quantitative estimate of drug-likeness (QED) is 0.478. The van der Waals surface area contributed by atoms with E-state index in [1.54, 1.807) is 18.2 Å². The number of benzene rings is 2. The van der Waals surface area contributed by atoms with Crippen LogP contribution in [-0.2, 0) is 11.2 Å². The van der Waals surface area contributed by atoms with Crippen LogP contribution in [0.5, 0.6) is 5.75 Å². The first kappa shape index (κ1) is 22.6. The molecule has 0 aliphatic rings. The van der Waals surface area contributed by atoms with E-state index in [0.29, 0.717) is 23.6 Å². The molecule has 0 heterocycles. The van der Waals surface area contributed by atoms with Gasteiger partial charge in [0.2, 0.25) is 0 Å². The lowest BCUT2D eigenvalue weighted by Crippen LogP contribution is -2.43. The minimum Gasteiger partial charge on any atom is -0.494 e. The second-order valence-electron chi connectivity index (χ2n) is 6.55. The van der Waals surface area contributed by atoms with Crippen molar-refractivity contribution in [2.75, 3.05) is 20.3 Å². The Morgan fingerprint density at radius 2 is 1.64 bits per heavy atom. The minimum absolute atomic E-state index is 0.158. The van der Waals surface area contributed by atoms with E-state index in [0.717, 1.165) is 16.9 Å². The van der Waals surface area contributed by atoms with Gasteiger partial charge in [-0.15, -0.1) is 0 Å². The molecule has 4 N–H and O–H groups in total. The smallest absolute Gasteiger partial charge is 0.119 e. The summed E-state index contributed by atoms with van der Waals surface area (Å²) in [5.74, 6) is 0.785. The van der Waals surface area contributed by atoms with Gasteiger partial charge in [-0.2, -0.15) is 0 Å². The third-order valence-corrected chi connectivity index (χ3v) is 4.81. The van der Waals surface area contributed by atoms with Gasteiger partial charge in [0.25, 0.3) is 0 Å². The summed E-state index contributed by atoms with van der Waals surface area (Å²) in [6.45, 7) is 2.36. The van der Waals surface area contributed by atoms with Gasteiger partial charge >= 0.3 is 0 Å². The van der Waals surface area contributed by atoms with Crippen LogP contribution < -0.4 is 4.74 Å². The molecule has 0 spiro atoms. The number of rotatable bonds is 10. The maximum Gasteiger partial charge on any atom is 0.119 e. The second kappa shape index (κ2) is 10.8. The van der Waals surface area contributed by atoms with Crippen LogP contribution in [0.1, 0.15) is 29.7 Å². The normalized spacial score (nSPS) is 15.7. The Morgan fingerprint density at radius 1 is 0.964 bits per heavy atom. The van der Waals surface area contributed by atoms with Crippen LogP contribution in [0.4, 0.5) is 0 Å². The highest BCUT2D eigenvalue weighted by molar-refractivity contribution is 6.31. The first-order chi connectivity index (χ1) is 13.4. The van der Waals surface area contributed by atoms with E-state index in [2.05, 4.69) is 0 Å². The van der Waals surface area contributed by atoms with Gasteiger partial charge in [-0.25, -0.2) is 0 Å². The van der Waals surface area contributed by atoms with E-state index in [9.17, 15) is 20.4 Å². The Kier molecular flexibility index (Phi) is 8.69. The predicted octanol–water partition coefficient (Wildman–Crippen LogP) is 2.09. The van der Waals surface area contributed by atoms with Gasteiger partial charge in [0, 0.05) is 12.1 Å². The number of methoxy groups -OCH3 is 1. The highest BCUT2D eigenvalue weighted by Crippen LogP contribution is 2.27. The van der Waals surface area contributed by atoms with Crippen molar-refractivity contribution >= 4 is 11.6 Å². The summed E-state index contributed by atoms with van der Waals surface area (Å²) in [4.78, 5) is 0. The molecule has 0 bridgehead atoms. The Balaban J connectivity index is 2.15. The molecule has 0 aromatic heterocycles. The highest BCUT2D eigenvalue weighted by atomic mass is 35.5. The molecular weight excluding hydrogens is 384 g/mol. The molecule has 2 aromatic carbocycles. The first-order valence-electron chi connectivity index (χ1n) is 9.08. The first-order valence-corrected chi connectivity index (χ1v) is 9.46. The lowest BCUT2D eigenvalue weighted by Gasteiger charge is -2.26. The fourth-order valence-electron chi connectivity index (χ4n) is 2.89. The largest absolute Gasteiger partial charge is 0.494 e. The predicted molar refractivity (Wildman–Crippen MR) is 107 cm³/mol. The summed E-state index contributed by atoms with van der Waals surface area (Å²) < 4.78 is 10.2. The topological polar surface area (TPSA) is 99.4 Å². The van der Waals surface area contributed by atoms with Gasteiger partial charge in [0.15, 0.2) is 0 Å². The van der Waals surface area contributed by atoms with Crippen molar-refractivity contribution in [2.45, 2.75) is 37.8 Å². The number of ether oxygens (including phenoxy) is 2. The van der Waals surface area contributed by atoms with Crippen molar-refractivity contribution in [1.82, 2.24) is 0 Å². The van der Waals surface area contributed by atoms with Crippen LogP contribution >= 0.6 is 11.6 Å². The highest BCUT2D eigenvalue weighted by Gasteiger charge is 2.31. The molecule has 2 aromatic rings. The molecule has 0 fully saturated rings. The van der Waals surface area contributed by atoms with Crippen molar-refractivity contribution in [3.8, 4) is 5.75 Å². The number of aliphatic hydroxyl groups is 4. The van der Waals surface area contributed by atoms with Gasteiger partial charge in [0.05, 0.1) is 13.2 Å². The van der Waals surface area contributed by atoms with Crippen LogP contribution in [0.2, 0.25) is 5.02 Å². The summed E-state index contributed by atoms with van der Waals surface area (Å²) in [6.07, 6.45) is -5.32. The Labute approximate surface area is 169 Å². The molecule has 28 heavy (non-hydrogen) atoms. The van der Waals surface area contributed by atoms with E-state index >= 15 is 0 Å². The lowest BCUT2D eigenvalue weighted by atomic mass is 9.95. The van der Waals surface area contributed by atoms with Gasteiger partial charge < -0.3 is 29.9 Å². The molecule has 0 amide bonds. The maximum absolute atomic E-state index is 10.4. The zero-order valence-corrected chi connectivity index (χ0v) is 16.7. The number of halogens is 1. The van der Waals surface area contributed by atoms with Gasteiger partial charge in [0.1, 0.15) is 30.2 Å². The van der Waals surface area contributed by atoms with Gasteiger partial charge in [-0.1, -0.05) is 35.9 Å². The van der Waals surface area contributed by atoms with E-state index in [4.69, 9.17) is 21.1 Å². The van der Waals surface area contributed by atoms with E-state index in [-0.39, 0.29) is 6.61 Å². The number of hydrogen-bond donors (Lipinski definition) is 4. The average Bonchev–Trinajstić information content (AvgIpc) is 2.69. The third kappa shape index (κ3) is 5.91. The summed E-state index contributed by atoms with van der Waals surface area (Å²) in [6, 6.07) is 12.5. The van der Waals surface area contributed by atoms with Crippen molar-refractivity contribution in [1.29, 1.82) is 0 Å². The van der Waals surface area contributed by atoms with Crippen molar-refractivity contribution in [2.24, 2.45) is 0 Å². The van der Waals surface area contributed by atoms with Crippen LogP contribution in [0, 0.1) is 0 Å². The molecule has 0 aliphatic heterocycles. The molecule has 4 unspecified atom stereocenters. The summed E-state index contributed by atoms with van der Waals surface area (Å²) in [5.41, 5.74) is 2.16. The Bertz CT molecular complexity index is 736. The molecular formula is C21H27ClO6. The van der Waals surface area contributed by atoms with E-state index in [1.807, 2.05) is 31.2 Å². The van der Waals surface area contributed by atoms with E-state index in [1.165, 1.54) is 7.11 Å². The standard InChI is InChI=1S/C21H27ClO6/c1-3-28-16-7-4-13(5-8-16)10-15-11-14(6-9-17(15)22)19(24)21(26)20(25)18(23)12-27-2/h4-9,11,18-21,23-26H,3,10,12H2,1-2H3. The average molecular weight is 411 g/mol. The fraction of sp³-hybridized carbons (Fsp3) is 0.429. The molecule has 154 valence electrons. The Hall–Kier alpha value is -1.67. The monoisotopic (exact) mass is 410 g/mol. The number of hydrogen-bond acceptors (Lipinski definition) is 6. The molecule has 7 heteroatoms. The number of aliphatic hydroxyl groups excluding tert-OH is 4. The summed E-state index contributed by atoms with van der Waals surface area (Å²) in [7, 11) is 1.37. The SMILES string of the molecule is CCOc1ccc(Cc2cc(C(O)C(O)C(O)C(O)COC)ccc2Cl)cc1. The Morgan fingerprint density at radius 3 is 2.25 bits per heavy atom. The molecule has 0 radical (unpaired) electrons. The minimum atomic E-state index is -1.58. The lowest BCUT2D eigenvalue weighted by molar-refractivity contribution is -0.119. The van der Waals surface area contributed by atoms with Crippen LogP contribution in [0.25, 0.3) is 0 Å². The van der Waals surface area contributed by atoms with Crippen molar-refractivity contribution in [3.63, 3.8) is 0 Å². The van der Waals surface area contributed by atoms with Crippen molar-refractivity contribution in [3.05, 3.63) is 64.2 Å². The van der Waals surface area contributed by atoms with Crippen molar-refractivity contribution < 1.29 is 29.9 Å². The summed E-state index contributed by atoms with van der Waals surface area (Å²) >= 11 is 6.29. The molecule has 4 atom stereocenters. The van der Waals surface area contributed by atoms with Crippen LogP contribution in [0.15, 0.2) is 42.5 Å². The zero-order valence-electron chi connectivity index (χ0n) is 16.0. The molecule has 6 nitrogen and oxygen atoms in total.